The quantitative estimate of drug-likeness (QED) is 0.890. The van der Waals surface area contributed by atoms with Crippen LogP contribution >= 0.6 is 11.3 Å². The highest BCUT2D eigenvalue weighted by Crippen LogP contribution is 2.63. The number of hydrogen-bond donors (Lipinski definition) is 2. The zero-order valence-corrected chi connectivity index (χ0v) is 12.7. The summed E-state index contributed by atoms with van der Waals surface area (Å²) in [4.78, 5) is 0.657. The Morgan fingerprint density at radius 1 is 1.28 bits per heavy atom. The van der Waals surface area contributed by atoms with Gasteiger partial charge in [-0.25, -0.2) is 13.1 Å². The van der Waals surface area contributed by atoms with E-state index >= 15 is 0 Å². The fourth-order valence-electron chi connectivity index (χ4n) is 2.29. The van der Waals surface area contributed by atoms with Crippen molar-refractivity contribution in [3.05, 3.63) is 17.0 Å². The fourth-order valence-corrected chi connectivity index (χ4v) is 5.05. The van der Waals surface area contributed by atoms with Crippen molar-refractivity contribution in [1.82, 2.24) is 4.72 Å². The summed E-state index contributed by atoms with van der Waals surface area (Å²) in [5, 5.41) is 8.97. The van der Waals surface area contributed by atoms with Crippen molar-refractivity contribution in [3.63, 3.8) is 0 Å². The third-order valence-electron chi connectivity index (χ3n) is 4.35. The molecule has 2 N–H and O–H groups in total. The van der Waals surface area contributed by atoms with Gasteiger partial charge in [-0.15, -0.1) is 11.3 Å². The second-order valence-corrected chi connectivity index (χ2v) is 8.99. The third kappa shape index (κ3) is 2.01. The van der Waals surface area contributed by atoms with Crippen molar-refractivity contribution in [2.75, 3.05) is 0 Å². The minimum atomic E-state index is -3.47. The number of thiophene rings is 1. The average molecular weight is 289 g/mol. The van der Waals surface area contributed by atoms with E-state index in [0.717, 1.165) is 11.3 Å². The maximum Gasteiger partial charge on any atom is 0.250 e. The fraction of sp³-hybridized carbons (Fsp3) is 0.667. The van der Waals surface area contributed by atoms with Crippen LogP contribution < -0.4 is 4.72 Å². The lowest BCUT2D eigenvalue weighted by molar-refractivity contribution is 0.285. The first-order valence-electron chi connectivity index (χ1n) is 5.85. The van der Waals surface area contributed by atoms with Gasteiger partial charge in [0.25, 0.3) is 0 Å². The van der Waals surface area contributed by atoms with Gasteiger partial charge in [0.2, 0.25) is 10.0 Å². The van der Waals surface area contributed by atoms with Crippen LogP contribution in [0.15, 0.2) is 16.3 Å². The summed E-state index contributed by atoms with van der Waals surface area (Å²) in [6.07, 6.45) is 0. The molecule has 1 saturated carbocycles. The molecule has 102 valence electrons. The molecule has 1 fully saturated rings. The predicted molar refractivity (Wildman–Crippen MR) is 71.9 cm³/mol. The van der Waals surface area contributed by atoms with Crippen LogP contribution in [0.2, 0.25) is 0 Å². The Hall–Kier alpha value is -0.430. The third-order valence-corrected chi connectivity index (χ3v) is 7.34. The van der Waals surface area contributed by atoms with Gasteiger partial charge < -0.3 is 5.11 Å². The largest absolute Gasteiger partial charge is 0.391 e. The average Bonchev–Trinajstić information content (AvgIpc) is 2.68. The van der Waals surface area contributed by atoms with Crippen LogP contribution in [0.5, 0.6) is 0 Å². The lowest BCUT2D eigenvalue weighted by Crippen LogP contribution is -2.29. The van der Waals surface area contributed by atoms with Gasteiger partial charge in [-0.2, -0.15) is 0 Å². The molecule has 0 bridgehead atoms. The van der Waals surface area contributed by atoms with E-state index in [1.807, 2.05) is 0 Å². The van der Waals surface area contributed by atoms with Crippen LogP contribution in [-0.4, -0.2) is 19.6 Å². The first-order valence-corrected chi connectivity index (χ1v) is 8.15. The molecular weight excluding hydrogens is 270 g/mol. The summed E-state index contributed by atoms with van der Waals surface area (Å²) < 4.78 is 27.4. The van der Waals surface area contributed by atoms with Crippen LogP contribution in [-0.2, 0) is 16.6 Å². The van der Waals surface area contributed by atoms with E-state index in [1.54, 1.807) is 12.1 Å². The molecule has 4 nitrogen and oxygen atoms in total. The lowest BCUT2D eigenvalue weighted by Gasteiger charge is -2.06. The van der Waals surface area contributed by atoms with Gasteiger partial charge in [-0.1, -0.05) is 27.7 Å². The van der Waals surface area contributed by atoms with Gasteiger partial charge in [-0.05, 0) is 23.0 Å². The van der Waals surface area contributed by atoms with Gasteiger partial charge in [0.15, 0.2) is 0 Å². The molecule has 0 radical (unpaired) electrons. The highest BCUT2D eigenvalue weighted by molar-refractivity contribution is 7.91. The maximum absolute atomic E-state index is 12.2. The molecule has 0 aliphatic heterocycles. The Balaban J connectivity index is 2.19. The summed E-state index contributed by atoms with van der Waals surface area (Å²) in [6, 6.07) is 3.14. The molecular formula is C12H19NO3S2. The van der Waals surface area contributed by atoms with Crippen molar-refractivity contribution in [2.24, 2.45) is 10.8 Å². The number of rotatable bonds is 4. The van der Waals surface area contributed by atoms with Crippen LogP contribution in [0.1, 0.15) is 32.6 Å². The second kappa shape index (κ2) is 4.03. The van der Waals surface area contributed by atoms with Gasteiger partial charge in [0, 0.05) is 10.9 Å². The van der Waals surface area contributed by atoms with Crippen LogP contribution in [0, 0.1) is 10.8 Å². The normalized spacial score (nSPS) is 22.1. The van der Waals surface area contributed by atoms with Crippen molar-refractivity contribution >= 4 is 21.4 Å². The Kier molecular flexibility index (Phi) is 3.13. The molecule has 0 atom stereocenters. The highest BCUT2D eigenvalue weighted by Gasteiger charge is 2.66. The summed E-state index contributed by atoms with van der Waals surface area (Å²) in [7, 11) is -3.47. The van der Waals surface area contributed by atoms with E-state index in [2.05, 4.69) is 32.4 Å². The zero-order valence-electron chi connectivity index (χ0n) is 11.0. The van der Waals surface area contributed by atoms with Crippen LogP contribution in [0.4, 0.5) is 0 Å². The molecule has 6 heteroatoms. The standard InChI is InChI=1S/C12H19NO3S2/c1-11(2)10(12(11,3)4)13-18(15,16)9-6-5-8(7-14)17-9/h5-6,10,13-14H,7H2,1-4H3. The number of aliphatic hydroxyl groups excluding tert-OH is 1. The van der Waals surface area contributed by atoms with Gasteiger partial charge in [-0.3, -0.25) is 0 Å². The Morgan fingerprint density at radius 2 is 1.83 bits per heavy atom. The van der Waals surface area contributed by atoms with Crippen molar-refractivity contribution in [2.45, 2.75) is 44.6 Å². The minimum Gasteiger partial charge on any atom is -0.391 e. The number of sulfonamides is 1. The molecule has 1 aromatic rings. The van der Waals surface area contributed by atoms with E-state index in [-0.39, 0.29) is 27.7 Å². The number of nitrogens with one attached hydrogen (secondary N) is 1. The molecule has 0 saturated heterocycles. The van der Waals surface area contributed by atoms with Crippen LogP contribution in [0.3, 0.4) is 0 Å². The van der Waals surface area contributed by atoms with Gasteiger partial charge in [0.1, 0.15) is 4.21 Å². The topological polar surface area (TPSA) is 66.4 Å². The van der Waals surface area contributed by atoms with Crippen molar-refractivity contribution in [3.8, 4) is 0 Å². The van der Waals surface area contributed by atoms with Crippen molar-refractivity contribution in [1.29, 1.82) is 0 Å². The van der Waals surface area contributed by atoms with E-state index in [0.29, 0.717) is 4.88 Å². The molecule has 1 aliphatic rings. The molecule has 2 rings (SSSR count). The molecule has 1 heterocycles. The first kappa shape index (κ1) is 14.0. The van der Waals surface area contributed by atoms with E-state index in [4.69, 9.17) is 5.11 Å². The predicted octanol–water partition coefficient (Wildman–Crippen LogP) is 1.95. The molecule has 0 unspecified atom stereocenters. The molecule has 1 aliphatic carbocycles. The smallest absolute Gasteiger partial charge is 0.250 e. The van der Waals surface area contributed by atoms with E-state index in [9.17, 15) is 8.42 Å². The monoisotopic (exact) mass is 289 g/mol. The Bertz CT molecular complexity index is 544. The minimum absolute atomic E-state index is 0.0306. The van der Waals surface area contributed by atoms with Crippen molar-refractivity contribution < 1.29 is 13.5 Å². The zero-order chi connectivity index (χ0) is 13.8. The highest BCUT2D eigenvalue weighted by atomic mass is 32.2. The first-order chi connectivity index (χ1) is 8.13. The summed E-state index contributed by atoms with van der Waals surface area (Å²) in [6.45, 7) is 8.13. The SMILES string of the molecule is CC1(C)C(NS(=O)(=O)c2ccc(CO)s2)C1(C)C. The molecule has 18 heavy (non-hydrogen) atoms. The second-order valence-electron chi connectivity index (χ2n) is 5.88. The molecule has 0 amide bonds. The molecule has 0 spiro atoms. The van der Waals surface area contributed by atoms with E-state index < -0.39 is 10.0 Å². The Labute approximate surface area is 112 Å². The summed E-state index contributed by atoms with van der Waals surface area (Å²) in [5.41, 5.74) is -0.0612. The van der Waals surface area contributed by atoms with E-state index in [1.165, 1.54) is 0 Å². The number of aliphatic hydroxyl groups is 1. The maximum atomic E-state index is 12.2. The van der Waals surface area contributed by atoms with Gasteiger partial charge >= 0.3 is 0 Å². The molecule has 0 aromatic carbocycles. The lowest BCUT2D eigenvalue weighted by atomic mass is 10.0. The van der Waals surface area contributed by atoms with Gasteiger partial charge in [0.05, 0.1) is 6.61 Å². The summed E-state index contributed by atoms with van der Waals surface area (Å²) in [5.74, 6) is 0. The summed E-state index contributed by atoms with van der Waals surface area (Å²) >= 11 is 1.11. The molecule has 1 aromatic heterocycles. The van der Waals surface area contributed by atoms with Crippen LogP contribution in [0.25, 0.3) is 0 Å². The number of hydrogen-bond acceptors (Lipinski definition) is 4. The Morgan fingerprint density at radius 3 is 2.22 bits per heavy atom.